The third kappa shape index (κ3) is 3.39. The summed E-state index contributed by atoms with van der Waals surface area (Å²) in [4.78, 5) is 14.6. The van der Waals surface area contributed by atoms with Crippen molar-refractivity contribution in [3.8, 4) is 0 Å². The number of morpholine rings is 1. The van der Waals surface area contributed by atoms with Crippen LogP contribution in [0.1, 0.15) is 18.4 Å². The zero-order valence-electron chi connectivity index (χ0n) is 12.1. The molecule has 0 aromatic heterocycles. The molecule has 0 aliphatic carbocycles. The number of rotatable bonds is 3. The number of hydrogen-bond acceptors (Lipinski definition) is 3. The molecule has 2 aliphatic heterocycles. The van der Waals surface area contributed by atoms with E-state index in [0.29, 0.717) is 13.2 Å². The molecular weight excluding hydrogens is 288 g/mol. The maximum Gasteiger partial charge on any atom is 0.253 e. The Balaban J connectivity index is 1.67. The van der Waals surface area contributed by atoms with Crippen molar-refractivity contribution < 1.29 is 9.53 Å². The Morgan fingerprint density at radius 3 is 3.05 bits per heavy atom. The van der Waals surface area contributed by atoms with E-state index in [4.69, 9.17) is 16.3 Å². The van der Waals surface area contributed by atoms with E-state index in [9.17, 15) is 4.79 Å². The summed E-state index contributed by atoms with van der Waals surface area (Å²) in [5.74, 6) is 0.122. The van der Waals surface area contributed by atoms with Crippen LogP contribution in [0.4, 0.5) is 0 Å². The van der Waals surface area contributed by atoms with Crippen molar-refractivity contribution in [1.82, 2.24) is 10.2 Å². The van der Waals surface area contributed by atoms with Crippen molar-refractivity contribution >= 4 is 17.5 Å². The highest BCUT2D eigenvalue weighted by atomic mass is 35.5. The van der Waals surface area contributed by atoms with Crippen LogP contribution in [-0.2, 0) is 16.0 Å². The van der Waals surface area contributed by atoms with E-state index >= 15 is 0 Å². The molecule has 1 N–H and O–H groups in total. The summed E-state index contributed by atoms with van der Waals surface area (Å²) in [5.41, 5.74) is 1.12. The van der Waals surface area contributed by atoms with E-state index < -0.39 is 0 Å². The zero-order valence-corrected chi connectivity index (χ0v) is 12.8. The van der Waals surface area contributed by atoms with Gasteiger partial charge >= 0.3 is 0 Å². The van der Waals surface area contributed by atoms with E-state index in [1.807, 2.05) is 29.2 Å². The first kappa shape index (κ1) is 14.8. The number of ether oxygens (including phenoxy) is 1. The SMILES string of the molecule is O=C([C@H]1CNCCO1)N1CCC[C@@H]1Cc1ccccc1Cl. The molecule has 2 aliphatic rings. The average Bonchev–Trinajstić information content (AvgIpc) is 2.98. The smallest absolute Gasteiger partial charge is 0.253 e. The summed E-state index contributed by atoms with van der Waals surface area (Å²) in [6.45, 7) is 2.88. The van der Waals surface area contributed by atoms with Crippen LogP contribution >= 0.6 is 11.6 Å². The number of nitrogens with zero attached hydrogens (tertiary/aromatic N) is 1. The van der Waals surface area contributed by atoms with Gasteiger partial charge in [-0.25, -0.2) is 0 Å². The second-order valence-electron chi connectivity index (χ2n) is 5.69. The van der Waals surface area contributed by atoms with E-state index in [-0.39, 0.29) is 18.1 Å². The number of carbonyl (C=O) groups is 1. The molecule has 1 aromatic carbocycles. The van der Waals surface area contributed by atoms with Gasteiger partial charge in [0.25, 0.3) is 5.91 Å². The molecule has 0 bridgehead atoms. The molecule has 21 heavy (non-hydrogen) atoms. The molecule has 0 saturated carbocycles. The summed E-state index contributed by atoms with van der Waals surface area (Å²) >= 11 is 6.24. The number of halogens is 1. The van der Waals surface area contributed by atoms with Crippen LogP contribution in [0.3, 0.4) is 0 Å². The largest absolute Gasteiger partial charge is 0.366 e. The quantitative estimate of drug-likeness (QED) is 0.927. The van der Waals surface area contributed by atoms with Crippen LogP contribution in [0.5, 0.6) is 0 Å². The molecule has 2 saturated heterocycles. The van der Waals surface area contributed by atoms with Crippen molar-refractivity contribution in [1.29, 1.82) is 0 Å². The number of likely N-dealkylation sites (tertiary alicyclic amines) is 1. The maximum atomic E-state index is 12.6. The number of amides is 1. The van der Waals surface area contributed by atoms with Gasteiger partial charge in [-0.3, -0.25) is 4.79 Å². The maximum absolute atomic E-state index is 12.6. The standard InChI is InChI=1S/C16H21ClN2O2/c17-14-6-2-1-4-12(14)10-13-5-3-8-19(13)16(20)15-11-18-7-9-21-15/h1-2,4,6,13,15,18H,3,5,7-11H2/t13-,15-/m1/s1. The Hall–Kier alpha value is -1.10. The second-order valence-corrected chi connectivity index (χ2v) is 6.09. The third-order valence-electron chi connectivity index (χ3n) is 4.28. The molecule has 1 amide bonds. The highest BCUT2D eigenvalue weighted by molar-refractivity contribution is 6.31. The van der Waals surface area contributed by atoms with Gasteiger partial charge in [-0.2, -0.15) is 0 Å². The van der Waals surface area contributed by atoms with E-state index in [0.717, 1.165) is 42.9 Å². The average molecular weight is 309 g/mol. The van der Waals surface area contributed by atoms with Crippen LogP contribution < -0.4 is 5.32 Å². The molecule has 0 radical (unpaired) electrons. The van der Waals surface area contributed by atoms with Gasteiger partial charge in [-0.15, -0.1) is 0 Å². The predicted octanol–water partition coefficient (Wildman–Crippen LogP) is 1.86. The minimum Gasteiger partial charge on any atom is -0.366 e. The zero-order chi connectivity index (χ0) is 14.7. The molecular formula is C16H21ClN2O2. The van der Waals surface area contributed by atoms with Gasteiger partial charge in [-0.1, -0.05) is 29.8 Å². The number of nitrogens with one attached hydrogen (secondary N) is 1. The van der Waals surface area contributed by atoms with Crippen molar-refractivity contribution in [3.05, 3.63) is 34.9 Å². The molecule has 5 heteroatoms. The lowest BCUT2D eigenvalue weighted by Gasteiger charge is -2.31. The minimum atomic E-state index is -0.328. The summed E-state index contributed by atoms with van der Waals surface area (Å²) in [7, 11) is 0. The summed E-state index contributed by atoms with van der Waals surface area (Å²) in [5, 5.41) is 4.00. The van der Waals surface area contributed by atoms with Gasteiger partial charge in [0.2, 0.25) is 0 Å². The van der Waals surface area contributed by atoms with Gasteiger partial charge in [0, 0.05) is 30.7 Å². The second kappa shape index (κ2) is 6.77. The van der Waals surface area contributed by atoms with Gasteiger partial charge in [0.1, 0.15) is 6.10 Å². The molecule has 114 valence electrons. The Morgan fingerprint density at radius 2 is 2.29 bits per heavy atom. The van der Waals surface area contributed by atoms with Crippen LogP contribution in [0.25, 0.3) is 0 Å². The fourth-order valence-corrected chi connectivity index (χ4v) is 3.38. The fraction of sp³-hybridized carbons (Fsp3) is 0.562. The van der Waals surface area contributed by atoms with Crippen LogP contribution in [0.15, 0.2) is 24.3 Å². The molecule has 3 rings (SSSR count). The normalized spacial score (nSPS) is 26.0. The van der Waals surface area contributed by atoms with Crippen molar-refractivity contribution in [2.75, 3.05) is 26.2 Å². The van der Waals surface area contributed by atoms with Crippen LogP contribution in [0, 0.1) is 0 Å². The highest BCUT2D eigenvalue weighted by Crippen LogP contribution is 2.25. The van der Waals surface area contributed by atoms with E-state index in [1.165, 1.54) is 0 Å². The first-order valence-electron chi connectivity index (χ1n) is 7.62. The number of hydrogen-bond donors (Lipinski definition) is 1. The lowest BCUT2D eigenvalue weighted by Crippen LogP contribution is -2.51. The van der Waals surface area contributed by atoms with Crippen molar-refractivity contribution in [2.45, 2.75) is 31.4 Å². The Morgan fingerprint density at radius 1 is 1.43 bits per heavy atom. The van der Waals surface area contributed by atoms with Crippen LogP contribution in [0.2, 0.25) is 5.02 Å². The van der Waals surface area contributed by atoms with Gasteiger partial charge in [0.05, 0.1) is 6.61 Å². The van der Waals surface area contributed by atoms with Gasteiger partial charge in [0.15, 0.2) is 0 Å². The first-order valence-corrected chi connectivity index (χ1v) is 7.99. The molecule has 2 atom stereocenters. The topological polar surface area (TPSA) is 41.6 Å². The van der Waals surface area contributed by atoms with E-state index in [2.05, 4.69) is 5.32 Å². The third-order valence-corrected chi connectivity index (χ3v) is 4.65. The number of benzene rings is 1. The Bertz CT molecular complexity index is 503. The van der Waals surface area contributed by atoms with Crippen molar-refractivity contribution in [2.24, 2.45) is 0 Å². The molecule has 1 aromatic rings. The predicted molar refractivity (Wildman–Crippen MR) is 82.5 cm³/mol. The molecule has 0 unspecified atom stereocenters. The molecule has 2 fully saturated rings. The summed E-state index contributed by atoms with van der Waals surface area (Å²) < 4.78 is 5.59. The Labute approximate surface area is 130 Å². The van der Waals surface area contributed by atoms with Crippen LogP contribution in [-0.4, -0.2) is 49.2 Å². The lowest BCUT2D eigenvalue weighted by molar-refractivity contribution is -0.146. The van der Waals surface area contributed by atoms with Gasteiger partial charge < -0.3 is 15.0 Å². The monoisotopic (exact) mass is 308 g/mol. The Kier molecular flexibility index (Phi) is 4.78. The lowest BCUT2D eigenvalue weighted by atomic mass is 10.0. The fourth-order valence-electron chi connectivity index (χ4n) is 3.16. The molecule has 4 nitrogen and oxygen atoms in total. The molecule has 0 spiro atoms. The summed E-state index contributed by atoms with van der Waals surface area (Å²) in [6.07, 6.45) is 2.59. The first-order chi connectivity index (χ1) is 10.3. The van der Waals surface area contributed by atoms with Gasteiger partial charge in [-0.05, 0) is 30.9 Å². The minimum absolute atomic E-state index is 0.122. The molecule has 2 heterocycles. The van der Waals surface area contributed by atoms with E-state index in [1.54, 1.807) is 0 Å². The highest BCUT2D eigenvalue weighted by Gasteiger charge is 2.34. The van der Waals surface area contributed by atoms with Crippen molar-refractivity contribution in [3.63, 3.8) is 0 Å². The summed E-state index contributed by atoms with van der Waals surface area (Å²) in [6, 6.07) is 8.12. The number of carbonyl (C=O) groups excluding carboxylic acids is 1.